The number of carbonyl (C=O) groups is 1. The maximum atomic E-state index is 12.5. The van der Waals surface area contributed by atoms with Gasteiger partial charge in [-0.2, -0.15) is 5.10 Å². The normalized spacial score (nSPS) is 37.9. The first-order valence-electron chi connectivity index (χ1n) is 11.7. The summed E-state index contributed by atoms with van der Waals surface area (Å²) < 4.78 is 1.83. The Morgan fingerprint density at radius 1 is 1.33 bits per heavy atom. The first-order valence-corrected chi connectivity index (χ1v) is 12.1. The third-order valence-corrected chi connectivity index (χ3v) is 9.47. The number of rotatable bonds is 4. The molecule has 3 spiro atoms. The van der Waals surface area contributed by atoms with Crippen LogP contribution in [0.5, 0.6) is 0 Å². The van der Waals surface area contributed by atoms with E-state index >= 15 is 0 Å². The number of nitrogens with zero attached hydrogens (tertiary/aromatic N) is 3. The van der Waals surface area contributed by atoms with Crippen LogP contribution in [0.15, 0.2) is 52.9 Å². The summed E-state index contributed by atoms with van der Waals surface area (Å²) in [4.78, 5) is 17.5. The molecule has 8 heteroatoms. The average molecular weight is 463 g/mol. The summed E-state index contributed by atoms with van der Waals surface area (Å²) >= 11 is 6.12. The second-order valence-corrected chi connectivity index (χ2v) is 11.3. The van der Waals surface area contributed by atoms with Gasteiger partial charge in [0.1, 0.15) is 0 Å². The molecule has 4 fully saturated rings. The fourth-order valence-electron chi connectivity index (χ4n) is 7.92. The predicted molar refractivity (Wildman–Crippen MR) is 126 cm³/mol. The number of aromatic nitrogens is 2. The number of hydrogen-bond donors (Lipinski definition) is 3. The highest BCUT2D eigenvalue weighted by molar-refractivity contribution is 6.30. The number of carbonyl (C=O) groups excluding carboxylic acids is 1. The molecular weight excluding hydrogens is 436 g/mol. The van der Waals surface area contributed by atoms with E-state index in [1.165, 1.54) is 19.3 Å². The molecule has 0 bridgehead atoms. The Bertz CT molecular complexity index is 1260. The summed E-state index contributed by atoms with van der Waals surface area (Å²) in [6.07, 6.45) is 7.48. The van der Waals surface area contributed by atoms with Crippen LogP contribution in [-0.2, 0) is 11.3 Å². The summed E-state index contributed by atoms with van der Waals surface area (Å²) in [5.74, 6) is 0.312. The quantitative estimate of drug-likeness (QED) is 0.645. The molecule has 3 unspecified atom stereocenters. The van der Waals surface area contributed by atoms with Crippen LogP contribution in [0, 0.1) is 28.1 Å². The van der Waals surface area contributed by atoms with Crippen molar-refractivity contribution in [1.82, 2.24) is 15.1 Å². The standard InChI is InChI=1S/C25H27ClN6O/c26-16-3-1-2-14(6-16)8-32-9-15(7-31-32)20-17(22(28)33)19(27)18-21-24(25(18,21)13-30-20)10-23(11-24)4-5-29-12-23/h1-3,6-7,9,18,21,29H,4-5,8,10-13,27H2,(H2,28,33). The Labute approximate surface area is 197 Å². The van der Waals surface area contributed by atoms with Gasteiger partial charge in [-0.15, -0.1) is 0 Å². The van der Waals surface area contributed by atoms with E-state index in [2.05, 4.69) is 10.4 Å². The number of primary amides is 1. The fourth-order valence-corrected chi connectivity index (χ4v) is 8.13. The Hall–Kier alpha value is -2.64. The molecule has 1 amide bonds. The van der Waals surface area contributed by atoms with Crippen molar-refractivity contribution in [1.29, 1.82) is 0 Å². The molecule has 2 aromatic rings. The smallest absolute Gasteiger partial charge is 0.252 e. The number of hydrogen-bond acceptors (Lipinski definition) is 5. The topological polar surface area (TPSA) is 111 Å². The number of nitrogens with one attached hydrogen (secondary N) is 1. The molecule has 1 saturated heterocycles. The van der Waals surface area contributed by atoms with Crippen molar-refractivity contribution >= 4 is 23.2 Å². The van der Waals surface area contributed by atoms with E-state index in [0.717, 1.165) is 30.8 Å². The number of benzene rings is 1. The van der Waals surface area contributed by atoms with Gasteiger partial charge in [0.05, 0.1) is 24.0 Å². The van der Waals surface area contributed by atoms with Gasteiger partial charge in [0, 0.05) is 46.9 Å². The van der Waals surface area contributed by atoms with E-state index < -0.39 is 5.91 Å². The lowest BCUT2D eigenvalue weighted by atomic mass is 9.52. The molecule has 5 N–H and O–H groups in total. The van der Waals surface area contributed by atoms with Crippen LogP contribution in [-0.4, -0.2) is 41.0 Å². The molecule has 5 aliphatic rings. The lowest BCUT2D eigenvalue weighted by molar-refractivity contribution is -0.114. The zero-order chi connectivity index (χ0) is 22.6. The minimum atomic E-state index is -0.503. The summed E-state index contributed by atoms with van der Waals surface area (Å²) in [5, 5.41) is 8.72. The molecule has 3 atom stereocenters. The van der Waals surface area contributed by atoms with Gasteiger partial charge in [0.15, 0.2) is 0 Å². The summed E-state index contributed by atoms with van der Waals surface area (Å²) in [6, 6.07) is 7.70. The number of aliphatic imine (C=N–C) groups is 1. The molecule has 3 heterocycles. The molecule has 0 radical (unpaired) electrons. The van der Waals surface area contributed by atoms with Gasteiger partial charge in [-0.3, -0.25) is 14.5 Å². The van der Waals surface area contributed by atoms with Crippen LogP contribution in [0.2, 0.25) is 5.02 Å². The second-order valence-electron chi connectivity index (χ2n) is 10.8. The Kier molecular flexibility index (Phi) is 3.76. The maximum Gasteiger partial charge on any atom is 0.252 e. The molecule has 3 aliphatic carbocycles. The predicted octanol–water partition coefficient (Wildman–Crippen LogP) is 2.09. The molecule has 7 nitrogen and oxygen atoms in total. The fraction of sp³-hybridized carbons (Fsp3) is 0.480. The van der Waals surface area contributed by atoms with Gasteiger partial charge < -0.3 is 16.8 Å². The molecule has 1 aromatic carbocycles. The summed E-state index contributed by atoms with van der Waals surface area (Å²) in [5.41, 5.74) is 16.9. The lowest BCUT2D eigenvalue weighted by Crippen LogP contribution is -2.48. The van der Waals surface area contributed by atoms with Crippen molar-refractivity contribution in [2.24, 2.45) is 44.5 Å². The SMILES string of the molecule is NC(=O)C1=C(N)C2C3C4(CC5(CCNC5)C4)C23CN=C1c1cnn(Cc2cccc(Cl)c2)c1. The first kappa shape index (κ1) is 19.8. The lowest BCUT2D eigenvalue weighted by Gasteiger charge is -2.52. The average Bonchev–Trinajstić information content (AvgIpc) is 3.32. The summed E-state index contributed by atoms with van der Waals surface area (Å²) in [7, 11) is 0. The maximum absolute atomic E-state index is 12.5. The molecule has 33 heavy (non-hydrogen) atoms. The van der Waals surface area contributed by atoms with Crippen LogP contribution in [0.3, 0.4) is 0 Å². The first-order chi connectivity index (χ1) is 15.9. The van der Waals surface area contributed by atoms with Crippen molar-refractivity contribution in [3.63, 3.8) is 0 Å². The Morgan fingerprint density at radius 2 is 2.18 bits per heavy atom. The Balaban J connectivity index is 1.18. The number of fused-ring (bicyclic) bond motifs is 2. The number of nitrogens with two attached hydrogens (primary N) is 2. The van der Waals surface area contributed by atoms with Crippen molar-refractivity contribution < 1.29 is 4.79 Å². The largest absolute Gasteiger partial charge is 0.401 e. The van der Waals surface area contributed by atoms with Gasteiger partial charge in [-0.25, -0.2) is 0 Å². The zero-order valence-electron chi connectivity index (χ0n) is 18.4. The van der Waals surface area contributed by atoms with E-state index in [9.17, 15) is 4.79 Å². The van der Waals surface area contributed by atoms with Crippen LogP contribution in [0.1, 0.15) is 30.4 Å². The monoisotopic (exact) mass is 462 g/mol. The second kappa shape index (κ2) is 6.27. The van der Waals surface area contributed by atoms with Crippen molar-refractivity contribution in [2.45, 2.75) is 25.8 Å². The van der Waals surface area contributed by atoms with Crippen LogP contribution in [0.25, 0.3) is 0 Å². The number of halogens is 1. The Morgan fingerprint density at radius 3 is 2.91 bits per heavy atom. The van der Waals surface area contributed by atoms with E-state index in [1.54, 1.807) is 6.20 Å². The number of amides is 1. The minimum Gasteiger partial charge on any atom is -0.401 e. The van der Waals surface area contributed by atoms with Crippen molar-refractivity contribution in [3.05, 3.63) is 64.1 Å². The molecule has 170 valence electrons. The molecule has 7 rings (SSSR count). The van der Waals surface area contributed by atoms with Crippen LogP contribution in [0.4, 0.5) is 0 Å². The van der Waals surface area contributed by atoms with E-state index in [-0.39, 0.29) is 11.3 Å². The van der Waals surface area contributed by atoms with Crippen molar-refractivity contribution in [2.75, 3.05) is 19.6 Å². The highest BCUT2D eigenvalue weighted by Crippen LogP contribution is 3.00. The highest BCUT2D eigenvalue weighted by Gasteiger charge is 2.98. The third-order valence-electron chi connectivity index (χ3n) is 9.23. The van der Waals surface area contributed by atoms with Crippen LogP contribution >= 0.6 is 11.6 Å². The molecule has 1 aromatic heterocycles. The van der Waals surface area contributed by atoms with Gasteiger partial charge in [-0.05, 0) is 60.3 Å². The highest BCUT2D eigenvalue weighted by atomic mass is 35.5. The van der Waals surface area contributed by atoms with Gasteiger partial charge in [0.25, 0.3) is 5.91 Å². The van der Waals surface area contributed by atoms with Gasteiger partial charge in [0.2, 0.25) is 0 Å². The molecular formula is C25H27ClN6O. The van der Waals surface area contributed by atoms with E-state index in [0.29, 0.717) is 45.3 Å². The van der Waals surface area contributed by atoms with Gasteiger partial charge in [-0.1, -0.05) is 23.7 Å². The third kappa shape index (κ3) is 2.47. The van der Waals surface area contributed by atoms with Crippen molar-refractivity contribution in [3.8, 4) is 0 Å². The molecule has 2 aliphatic heterocycles. The number of allylic oxidation sites excluding steroid dienone is 1. The summed E-state index contributed by atoms with van der Waals surface area (Å²) in [6.45, 7) is 3.57. The van der Waals surface area contributed by atoms with Crippen LogP contribution < -0.4 is 16.8 Å². The van der Waals surface area contributed by atoms with E-state index in [4.69, 9.17) is 28.1 Å². The van der Waals surface area contributed by atoms with Gasteiger partial charge >= 0.3 is 0 Å². The minimum absolute atomic E-state index is 0.143. The van der Waals surface area contributed by atoms with E-state index in [1.807, 2.05) is 35.1 Å². The molecule has 3 saturated carbocycles. The zero-order valence-corrected chi connectivity index (χ0v) is 19.1.